The second kappa shape index (κ2) is 7.13. The fourth-order valence-corrected chi connectivity index (χ4v) is 1.57. The summed E-state index contributed by atoms with van der Waals surface area (Å²) in [6, 6.07) is 1.40. The van der Waals surface area contributed by atoms with E-state index in [4.69, 9.17) is 10.5 Å². The van der Waals surface area contributed by atoms with Gasteiger partial charge in [0, 0.05) is 18.8 Å². The molecule has 1 aromatic heterocycles. The van der Waals surface area contributed by atoms with Crippen molar-refractivity contribution >= 4 is 0 Å². The van der Waals surface area contributed by atoms with Crippen LogP contribution in [-0.4, -0.2) is 28.4 Å². The fraction of sp³-hybridized carbons (Fsp3) is 0.667. The molecule has 0 amide bonds. The number of nitrogens with zero attached hydrogens (tertiary/aromatic N) is 2. The number of aromatic nitrogens is 2. The summed E-state index contributed by atoms with van der Waals surface area (Å²) in [5.41, 5.74) is 4.80. The van der Waals surface area contributed by atoms with Gasteiger partial charge in [0.1, 0.15) is 0 Å². The SMILES string of the molecule is CC(C)OCCn1ccc(=O)n(CCCN)c1=O. The zero-order valence-electron chi connectivity index (χ0n) is 11.0. The highest BCUT2D eigenvalue weighted by Crippen LogP contribution is 1.89. The lowest BCUT2D eigenvalue weighted by Gasteiger charge is -2.11. The van der Waals surface area contributed by atoms with Crippen molar-refractivity contribution < 1.29 is 4.74 Å². The minimum absolute atomic E-state index is 0.129. The van der Waals surface area contributed by atoms with Gasteiger partial charge in [-0.25, -0.2) is 4.79 Å². The van der Waals surface area contributed by atoms with Crippen LogP contribution in [-0.2, 0) is 17.8 Å². The molecule has 0 atom stereocenters. The summed E-state index contributed by atoms with van der Waals surface area (Å²) in [5.74, 6) is 0. The van der Waals surface area contributed by atoms with Gasteiger partial charge in [0.05, 0.1) is 19.3 Å². The first-order valence-electron chi connectivity index (χ1n) is 6.18. The molecular weight excluding hydrogens is 234 g/mol. The Bertz CT molecular complexity index is 476. The lowest BCUT2D eigenvalue weighted by atomic mass is 10.4. The largest absolute Gasteiger partial charge is 0.377 e. The molecule has 1 aromatic rings. The Labute approximate surface area is 106 Å². The molecule has 0 unspecified atom stereocenters. The van der Waals surface area contributed by atoms with E-state index in [2.05, 4.69) is 0 Å². The molecule has 0 saturated heterocycles. The van der Waals surface area contributed by atoms with Crippen molar-refractivity contribution in [2.75, 3.05) is 13.2 Å². The Hall–Kier alpha value is -1.40. The molecule has 2 N–H and O–H groups in total. The Balaban J connectivity index is 2.81. The average Bonchev–Trinajstić information content (AvgIpc) is 2.31. The van der Waals surface area contributed by atoms with E-state index in [1.165, 1.54) is 21.4 Å². The number of hydrogen-bond donors (Lipinski definition) is 1. The van der Waals surface area contributed by atoms with Crippen molar-refractivity contribution in [1.29, 1.82) is 0 Å². The second-order valence-corrected chi connectivity index (χ2v) is 4.34. The molecule has 18 heavy (non-hydrogen) atoms. The first-order valence-corrected chi connectivity index (χ1v) is 6.18. The predicted octanol–water partition coefficient (Wildman–Crippen LogP) is -0.216. The number of ether oxygens (including phenoxy) is 1. The molecule has 6 nitrogen and oxygen atoms in total. The highest BCUT2D eigenvalue weighted by molar-refractivity contribution is 4.86. The zero-order valence-corrected chi connectivity index (χ0v) is 11.0. The summed E-state index contributed by atoms with van der Waals surface area (Å²) in [7, 11) is 0. The topological polar surface area (TPSA) is 79.2 Å². The van der Waals surface area contributed by atoms with Crippen molar-refractivity contribution in [1.82, 2.24) is 9.13 Å². The molecule has 0 bridgehead atoms. The third-order valence-corrected chi connectivity index (χ3v) is 2.51. The van der Waals surface area contributed by atoms with Crippen LogP contribution in [0.3, 0.4) is 0 Å². The monoisotopic (exact) mass is 255 g/mol. The molecule has 1 heterocycles. The molecule has 0 saturated carbocycles. The van der Waals surface area contributed by atoms with Gasteiger partial charge in [-0.1, -0.05) is 0 Å². The van der Waals surface area contributed by atoms with E-state index in [0.29, 0.717) is 32.7 Å². The first-order chi connectivity index (χ1) is 8.56. The van der Waals surface area contributed by atoms with Crippen LogP contribution < -0.4 is 17.0 Å². The minimum atomic E-state index is -0.302. The van der Waals surface area contributed by atoms with E-state index in [1.54, 1.807) is 0 Å². The summed E-state index contributed by atoms with van der Waals surface area (Å²) >= 11 is 0. The van der Waals surface area contributed by atoms with Crippen LogP contribution in [0.25, 0.3) is 0 Å². The average molecular weight is 255 g/mol. The highest BCUT2D eigenvalue weighted by Gasteiger charge is 2.04. The highest BCUT2D eigenvalue weighted by atomic mass is 16.5. The van der Waals surface area contributed by atoms with Crippen LogP contribution in [0.1, 0.15) is 20.3 Å². The Morgan fingerprint density at radius 2 is 2.06 bits per heavy atom. The van der Waals surface area contributed by atoms with E-state index in [9.17, 15) is 9.59 Å². The van der Waals surface area contributed by atoms with Gasteiger partial charge in [0.25, 0.3) is 5.56 Å². The molecule has 0 spiro atoms. The van der Waals surface area contributed by atoms with E-state index in [-0.39, 0.29) is 17.4 Å². The van der Waals surface area contributed by atoms with Gasteiger partial charge in [0.2, 0.25) is 0 Å². The second-order valence-electron chi connectivity index (χ2n) is 4.34. The zero-order chi connectivity index (χ0) is 13.5. The molecule has 0 aliphatic rings. The standard InChI is InChI=1S/C12H21N3O3/c1-10(2)18-9-8-14-7-4-11(16)15(12(14)17)6-3-5-13/h4,7,10H,3,5-6,8-9,13H2,1-2H3. The molecule has 1 rings (SSSR count). The normalized spacial score (nSPS) is 11.1. The molecule has 0 radical (unpaired) electrons. The Kier molecular flexibility index (Phi) is 5.80. The summed E-state index contributed by atoms with van der Waals surface area (Å²) in [6.07, 6.45) is 2.25. The number of hydrogen-bond acceptors (Lipinski definition) is 4. The molecule has 0 fully saturated rings. The molecule has 0 aromatic carbocycles. The Morgan fingerprint density at radius 3 is 2.67 bits per heavy atom. The van der Waals surface area contributed by atoms with Crippen LogP contribution >= 0.6 is 0 Å². The van der Waals surface area contributed by atoms with Gasteiger partial charge < -0.3 is 10.5 Å². The summed E-state index contributed by atoms with van der Waals surface area (Å²) in [4.78, 5) is 23.6. The van der Waals surface area contributed by atoms with Crippen molar-refractivity contribution in [3.05, 3.63) is 33.1 Å². The van der Waals surface area contributed by atoms with Gasteiger partial charge in [0.15, 0.2) is 0 Å². The van der Waals surface area contributed by atoms with E-state index in [0.717, 1.165) is 0 Å². The third-order valence-electron chi connectivity index (χ3n) is 2.51. The lowest BCUT2D eigenvalue weighted by molar-refractivity contribution is 0.0718. The van der Waals surface area contributed by atoms with Gasteiger partial charge in [-0.2, -0.15) is 0 Å². The molecule has 102 valence electrons. The Morgan fingerprint density at radius 1 is 1.33 bits per heavy atom. The van der Waals surface area contributed by atoms with Gasteiger partial charge >= 0.3 is 5.69 Å². The minimum Gasteiger partial charge on any atom is -0.377 e. The molecule has 0 aliphatic carbocycles. The molecular formula is C12H21N3O3. The lowest BCUT2D eigenvalue weighted by Crippen LogP contribution is -2.40. The van der Waals surface area contributed by atoms with E-state index < -0.39 is 0 Å². The predicted molar refractivity (Wildman–Crippen MR) is 69.7 cm³/mol. The third kappa shape index (κ3) is 4.12. The van der Waals surface area contributed by atoms with Crippen LogP contribution in [0.5, 0.6) is 0 Å². The fourth-order valence-electron chi connectivity index (χ4n) is 1.57. The van der Waals surface area contributed by atoms with Crippen LogP contribution in [0.2, 0.25) is 0 Å². The summed E-state index contributed by atoms with van der Waals surface area (Å²) in [5, 5.41) is 0. The maximum Gasteiger partial charge on any atom is 0.331 e. The van der Waals surface area contributed by atoms with Crippen molar-refractivity contribution in [3.8, 4) is 0 Å². The smallest absolute Gasteiger partial charge is 0.331 e. The first kappa shape index (κ1) is 14.7. The number of rotatable bonds is 7. The quantitative estimate of drug-likeness (QED) is 0.731. The van der Waals surface area contributed by atoms with Gasteiger partial charge in [-0.05, 0) is 26.8 Å². The molecule has 6 heteroatoms. The summed E-state index contributed by atoms with van der Waals surface area (Å²) in [6.45, 7) is 5.58. The van der Waals surface area contributed by atoms with Gasteiger partial charge in [-0.3, -0.25) is 13.9 Å². The van der Waals surface area contributed by atoms with Crippen molar-refractivity contribution in [3.63, 3.8) is 0 Å². The van der Waals surface area contributed by atoms with E-state index in [1.807, 2.05) is 13.8 Å². The van der Waals surface area contributed by atoms with E-state index >= 15 is 0 Å². The van der Waals surface area contributed by atoms with Crippen LogP contribution in [0, 0.1) is 0 Å². The van der Waals surface area contributed by atoms with Crippen molar-refractivity contribution in [2.45, 2.75) is 39.5 Å². The summed E-state index contributed by atoms with van der Waals surface area (Å²) < 4.78 is 8.08. The van der Waals surface area contributed by atoms with Gasteiger partial charge in [-0.15, -0.1) is 0 Å². The maximum absolute atomic E-state index is 12.0. The van der Waals surface area contributed by atoms with Crippen LogP contribution in [0.15, 0.2) is 21.9 Å². The van der Waals surface area contributed by atoms with Crippen molar-refractivity contribution in [2.24, 2.45) is 5.73 Å². The van der Waals surface area contributed by atoms with Crippen LogP contribution in [0.4, 0.5) is 0 Å². The number of nitrogens with two attached hydrogens (primary N) is 1. The maximum atomic E-state index is 12.0. The molecule has 0 aliphatic heterocycles.